The first-order valence-electron chi connectivity index (χ1n) is 12.5. The number of fused-ring (bicyclic) bond motifs is 1. The van der Waals surface area contributed by atoms with E-state index in [4.69, 9.17) is 10.5 Å². The number of ether oxygens (including phenoxy) is 1. The van der Waals surface area contributed by atoms with Crippen LogP contribution in [0.1, 0.15) is 5.56 Å². The number of carbonyl (C=O) groups is 1. The first kappa shape index (κ1) is 27.7. The Morgan fingerprint density at radius 1 is 1.12 bits per heavy atom. The number of nitrogens with two attached hydrogens (primary N) is 1. The summed E-state index contributed by atoms with van der Waals surface area (Å²) in [4.78, 5) is 28.4. The normalized spacial score (nSPS) is 11.4. The van der Waals surface area contributed by atoms with Crippen LogP contribution in [0.15, 0.2) is 73.7 Å². The summed E-state index contributed by atoms with van der Waals surface area (Å²) in [6.45, 7) is 6.97. The number of hydrogen-bond donors (Lipinski definition) is 2. The van der Waals surface area contributed by atoms with Gasteiger partial charge in [-0.25, -0.2) is 19.3 Å². The van der Waals surface area contributed by atoms with E-state index >= 15 is 4.39 Å². The van der Waals surface area contributed by atoms with Gasteiger partial charge in [-0.2, -0.15) is 4.98 Å². The summed E-state index contributed by atoms with van der Waals surface area (Å²) in [5, 5.41) is 3.33. The van der Waals surface area contributed by atoms with Crippen LogP contribution in [0, 0.1) is 5.82 Å². The van der Waals surface area contributed by atoms with Gasteiger partial charge in [-0.3, -0.25) is 4.79 Å². The number of aromatic nitrogens is 5. The third-order valence-electron chi connectivity index (χ3n) is 6.47. The van der Waals surface area contributed by atoms with Crippen molar-refractivity contribution in [1.29, 1.82) is 0 Å². The number of anilines is 1. The molecule has 0 aliphatic rings. The number of nitrogens with one attached hydrogen (secondary N) is 1. The van der Waals surface area contributed by atoms with E-state index in [2.05, 4.69) is 31.8 Å². The van der Waals surface area contributed by atoms with Gasteiger partial charge in [0, 0.05) is 25.4 Å². The number of amides is 1. The van der Waals surface area contributed by atoms with Gasteiger partial charge < -0.3 is 24.9 Å². The summed E-state index contributed by atoms with van der Waals surface area (Å²) in [5.74, 6) is -0.752. The predicted octanol–water partition coefficient (Wildman–Crippen LogP) is 4.66. The molecule has 2 aromatic carbocycles. The topological polar surface area (TPSA) is 138 Å². The summed E-state index contributed by atoms with van der Waals surface area (Å²) >= 11 is 0. The Balaban J connectivity index is 1.56. The van der Waals surface area contributed by atoms with E-state index in [1.807, 2.05) is 35.9 Å². The number of aryl methyl sites for hydroxylation is 1. The Labute approximate surface area is 235 Å². The number of benzene rings is 2. The Morgan fingerprint density at radius 3 is 2.54 bits per heavy atom. The zero-order chi connectivity index (χ0) is 29.3. The molecule has 10 nitrogen and oxygen atoms in total. The molecule has 3 N–H and O–H groups in total. The molecule has 0 radical (unpaired) electrons. The Morgan fingerprint density at radius 2 is 1.85 bits per heavy atom. The lowest BCUT2D eigenvalue weighted by atomic mass is 9.98. The molecule has 0 atom stereocenters. The van der Waals surface area contributed by atoms with Gasteiger partial charge in [-0.15, -0.1) is 0 Å². The highest BCUT2D eigenvalue weighted by Crippen LogP contribution is 2.42. The van der Waals surface area contributed by atoms with Crippen LogP contribution in [0.25, 0.3) is 33.4 Å². The van der Waals surface area contributed by atoms with Crippen molar-refractivity contribution in [1.82, 2.24) is 29.8 Å². The summed E-state index contributed by atoms with van der Waals surface area (Å²) in [6.07, 6.45) is 4.02. The smallest absolute Gasteiger partial charge is 0.322 e. The van der Waals surface area contributed by atoms with E-state index in [-0.39, 0.29) is 23.5 Å². The van der Waals surface area contributed by atoms with E-state index in [0.29, 0.717) is 34.1 Å². The minimum absolute atomic E-state index is 0.0927. The predicted molar refractivity (Wildman–Crippen MR) is 157 cm³/mol. The van der Waals surface area contributed by atoms with Crippen molar-refractivity contribution in [3.63, 3.8) is 0 Å². The summed E-state index contributed by atoms with van der Waals surface area (Å²) in [7, 11) is -0.805. The van der Waals surface area contributed by atoms with Crippen molar-refractivity contribution in [3.8, 4) is 34.1 Å². The van der Waals surface area contributed by atoms with E-state index in [0.717, 1.165) is 16.8 Å². The third-order valence-corrected chi connectivity index (χ3v) is 7.82. The second kappa shape index (κ2) is 10.9. The molecule has 0 fully saturated rings. The van der Waals surface area contributed by atoms with Crippen LogP contribution in [-0.4, -0.2) is 43.7 Å². The molecule has 208 valence electrons. The van der Waals surface area contributed by atoms with Crippen molar-refractivity contribution in [3.05, 3.63) is 85.1 Å². The van der Waals surface area contributed by atoms with Gasteiger partial charge in [0.15, 0.2) is 11.6 Å². The molecule has 3 heterocycles. The minimum Gasteiger partial charge on any atom is -0.421 e. The highest BCUT2D eigenvalue weighted by molar-refractivity contribution is 7.69. The van der Waals surface area contributed by atoms with Gasteiger partial charge >= 0.3 is 6.01 Å². The van der Waals surface area contributed by atoms with Crippen LogP contribution in [0.4, 0.5) is 10.2 Å². The van der Waals surface area contributed by atoms with Crippen molar-refractivity contribution >= 4 is 35.3 Å². The zero-order valence-electron chi connectivity index (χ0n) is 22.6. The number of rotatable bonds is 8. The monoisotopic (exact) mass is 571 g/mol. The average Bonchev–Trinajstić information content (AvgIpc) is 3.26. The molecule has 0 aliphatic heterocycles. The molecule has 0 bridgehead atoms. The van der Waals surface area contributed by atoms with Crippen molar-refractivity contribution in [2.75, 3.05) is 19.1 Å². The molecule has 41 heavy (non-hydrogen) atoms. The molecular weight excluding hydrogens is 544 g/mol. The van der Waals surface area contributed by atoms with Gasteiger partial charge in [0.2, 0.25) is 5.91 Å². The first-order chi connectivity index (χ1) is 19.6. The molecule has 1 amide bonds. The standard InChI is InChI=1S/C29H27FN7O3P/c1-5-22(38)33-15-17-6-8-18(9-7-17)26-24(25-27(31)34-16-35-28(25)37(26)2)19-10-11-21(20(30)14-19)40-29-32-13-12-23(36-29)41(3,4)39/h5-14,16H,1,15H2,2-4H3,(H,33,38)(H2,31,34,35). The van der Waals surface area contributed by atoms with Crippen molar-refractivity contribution < 1.29 is 18.5 Å². The van der Waals surface area contributed by atoms with E-state index in [9.17, 15) is 9.36 Å². The number of halogens is 1. The third kappa shape index (κ3) is 5.57. The first-order valence-corrected chi connectivity index (χ1v) is 15.1. The molecule has 0 unspecified atom stereocenters. The van der Waals surface area contributed by atoms with E-state index in [1.54, 1.807) is 25.5 Å². The number of nitrogen functional groups attached to an aromatic ring is 1. The van der Waals surface area contributed by atoms with Crippen molar-refractivity contribution in [2.45, 2.75) is 6.54 Å². The van der Waals surface area contributed by atoms with Crippen LogP contribution < -0.4 is 21.2 Å². The SMILES string of the molecule is C=CC(=O)NCc1ccc(-c2c(-c3ccc(Oc4nccc(P(C)(C)=O)n4)c(F)c3)c3c(N)ncnc3n2C)cc1. The Bertz CT molecular complexity index is 1850. The molecule has 3 aromatic heterocycles. The Kier molecular flexibility index (Phi) is 7.38. The molecule has 0 aliphatic carbocycles. The highest BCUT2D eigenvalue weighted by atomic mass is 31.2. The van der Waals surface area contributed by atoms with Gasteiger partial charge in [-0.05, 0) is 54.3 Å². The molecule has 0 spiro atoms. The Hall–Kier alpha value is -4.89. The molecular formula is C29H27FN7O3P. The molecule has 12 heteroatoms. The fourth-order valence-corrected chi connectivity index (χ4v) is 5.21. The second-order valence-electron chi connectivity index (χ2n) is 9.65. The quantitative estimate of drug-likeness (QED) is 0.203. The van der Waals surface area contributed by atoms with Gasteiger partial charge in [-0.1, -0.05) is 36.9 Å². The molecule has 0 saturated carbocycles. The summed E-state index contributed by atoms with van der Waals surface area (Å²) in [6, 6.07) is 13.6. The number of carbonyl (C=O) groups excluding carboxylic acids is 1. The highest BCUT2D eigenvalue weighted by Gasteiger charge is 2.23. The molecule has 5 aromatic rings. The average molecular weight is 572 g/mol. The maximum atomic E-state index is 15.5. The van der Waals surface area contributed by atoms with E-state index in [1.165, 1.54) is 30.7 Å². The van der Waals surface area contributed by atoms with Crippen LogP contribution in [0.2, 0.25) is 0 Å². The zero-order valence-corrected chi connectivity index (χ0v) is 23.5. The summed E-state index contributed by atoms with van der Waals surface area (Å²) < 4.78 is 35.4. The van der Waals surface area contributed by atoms with Gasteiger partial charge in [0.05, 0.1) is 11.1 Å². The molecule has 5 rings (SSSR count). The minimum atomic E-state index is -2.66. The largest absolute Gasteiger partial charge is 0.421 e. The van der Waals surface area contributed by atoms with E-state index < -0.39 is 13.0 Å². The van der Waals surface area contributed by atoms with Crippen LogP contribution >= 0.6 is 7.14 Å². The lowest BCUT2D eigenvalue weighted by molar-refractivity contribution is -0.116. The maximum Gasteiger partial charge on any atom is 0.322 e. The van der Waals surface area contributed by atoms with Gasteiger partial charge in [0.25, 0.3) is 0 Å². The summed E-state index contributed by atoms with van der Waals surface area (Å²) in [5.41, 5.74) is 10.9. The lowest BCUT2D eigenvalue weighted by Crippen LogP contribution is -2.19. The van der Waals surface area contributed by atoms with Crippen LogP contribution in [-0.2, 0) is 23.0 Å². The van der Waals surface area contributed by atoms with Gasteiger partial charge in [0.1, 0.15) is 30.4 Å². The number of nitrogens with zero attached hydrogens (tertiary/aromatic N) is 5. The van der Waals surface area contributed by atoms with Crippen LogP contribution in [0.3, 0.4) is 0 Å². The fraction of sp³-hybridized carbons (Fsp3) is 0.138. The number of hydrogen-bond acceptors (Lipinski definition) is 8. The maximum absolute atomic E-state index is 15.5. The fourth-order valence-electron chi connectivity index (χ4n) is 4.45. The van der Waals surface area contributed by atoms with Crippen molar-refractivity contribution in [2.24, 2.45) is 7.05 Å². The van der Waals surface area contributed by atoms with Crippen LogP contribution in [0.5, 0.6) is 11.8 Å². The second-order valence-corrected chi connectivity index (χ2v) is 12.8. The lowest BCUT2D eigenvalue weighted by Gasteiger charge is -2.12. The molecule has 0 saturated heterocycles.